The molecule has 4 aromatic rings. The molecule has 0 aromatic carbocycles. The van der Waals surface area contributed by atoms with Gasteiger partial charge in [-0.2, -0.15) is 10.2 Å². The van der Waals surface area contributed by atoms with Crippen molar-refractivity contribution in [2.24, 2.45) is 0 Å². The Morgan fingerprint density at radius 3 is 2.86 bits per heavy atom. The molecule has 0 radical (unpaired) electrons. The van der Waals surface area contributed by atoms with Crippen LogP contribution in [-0.2, 0) is 0 Å². The number of aromatic amines is 1. The molecule has 0 atom stereocenters. The maximum Gasteiger partial charge on any atom is 0.261 e. The van der Waals surface area contributed by atoms with Crippen molar-refractivity contribution in [2.75, 3.05) is 20.1 Å². The topological polar surface area (TPSA) is 91.2 Å². The van der Waals surface area contributed by atoms with Gasteiger partial charge in [-0.1, -0.05) is 0 Å². The van der Waals surface area contributed by atoms with E-state index in [0.29, 0.717) is 4.88 Å². The summed E-state index contributed by atoms with van der Waals surface area (Å²) in [4.78, 5) is 20.3. The highest BCUT2D eigenvalue weighted by molar-refractivity contribution is 7.12. The molecule has 0 aliphatic carbocycles. The van der Waals surface area contributed by atoms with E-state index in [0.717, 1.165) is 53.8 Å². The summed E-state index contributed by atoms with van der Waals surface area (Å²) in [7, 11) is 2.12. The van der Waals surface area contributed by atoms with Gasteiger partial charge in [-0.25, -0.2) is 9.50 Å². The predicted octanol–water partition coefficient (Wildman–Crippen LogP) is 2.67. The van der Waals surface area contributed by atoms with Gasteiger partial charge in [0.2, 0.25) is 0 Å². The minimum atomic E-state index is 0.00230. The molecule has 9 heteroatoms. The molecule has 8 nitrogen and oxygen atoms in total. The zero-order chi connectivity index (χ0) is 19.8. The van der Waals surface area contributed by atoms with E-state index in [1.165, 1.54) is 11.3 Å². The summed E-state index contributed by atoms with van der Waals surface area (Å²) < 4.78 is 1.76. The van der Waals surface area contributed by atoms with Crippen LogP contribution in [0.25, 0.3) is 27.9 Å². The minimum absolute atomic E-state index is 0.00230. The summed E-state index contributed by atoms with van der Waals surface area (Å²) in [5.41, 5.74) is 4.53. The van der Waals surface area contributed by atoms with E-state index in [4.69, 9.17) is 0 Å². The number of likely N-dealkylation sites (tertiary alicyclic amines) is 1. The Balaban J connectivity index is 1.36. The molecule has 0 saturated carbocycles. The minimum Gasteiger partial charge on any atom is -0.349 e. The maximum absolute atomic E-state index is 12.7. The molecule has 5 heterocycles. The Morgan fingerprint density at radius 2 is 2.07 bits per heavy atom. The van der Waals surface area contributed by atoms with Crippen LogP contribution in [0.1, 0.15) is 22.5 Å². The third-order valence-corrected chi connectivity index (χ3v) is 6.30. The molecule has 148 valence electrons. The monoisotopic (exact) mass is 407 g/mol. The van der Waals surface area contributed by atoms with E-state index in [2.05, 4.69) is 37.5 Å². The summed E-state index contributed by atoms with van der Waals surface area (Å²) in [6.07, 6.45) is 11.1. The number of carbonyl (C=O) groups is 1. The number of hydrogen-bond donors (Lipinski definition) is 2. The number of hydrogen-bond acceptors (Lipinski definition) is 6. The van der Waals surface area contributed by atoms with Gasteiger partial charge in [0.15, 0.2) is 5.65 Å². The summed E-state index contributed by atoms with van der Waals surface area (Å²) in [6, 6.07) is 2.18. The van der Waals surface area contributed by atoms with Crippen molar-refractivity contribution < 1.29 is 4.79 Å². The second kappa shape index (κ2) is 7.41. The van der Waals surface area contributed by atoms with Gasteiger partial charge in [-0.15, -0.1) is 11.3 Å². The number of thiophene rings is 1. The molecular weight excluding hydrogens is 386 g/mol. The van der Waals surface area contributed by atoms with Gasteiger partial charge in [-0.05, 0) is 50.0 Å². The molecule has 1 saturated heterocycles. The first kappa shape index (κ1) is 18.0. The van der Waals surface area contributed by atoms with Crippen LogP contribution in [0.5, 0.6) is 0 Å². The molecule has 0 bridgehead atoms. The molecule has 1 aliphatic rings. The van der Waals surface area contributed by atoms with E-state index in [1.807, 2.05) is 30.0 Å². The Labute approximate surface area is 171 Å². The Morgan fingerprint density at radius 1 is 1.21 bits per heavy atom. The fraction of sp³-hybridized carbons (Fsp3) is 0.300. The predicted molar refractivity (Wildman–Crippen MR) is 112 cm³/mol. The number of carbonyl (C=O) groups excluding carboxylic acids is 1. The van der Waals surface area contributed by atoms with Gasteiger partial charge >= 0.3 is 0 Å². The van der Waals surface area contributed by atoms with E-state index in [9.17, 15) is 4.79 Å². The van der Waals surface area contributed by atoms with Crippen molar-refractivity contribution in [3.05, 3.63) is 47.3 Å². The van der Waals surface area contributed by atoms with Gasteiger partial charge in [0.25, 0.3) is 5.91 Å². The Bertz CT molecular complexity index is 1140. The van der Waals surface area contributed by atoms with Crippen molar-refractivity contribution in [2.45, 2.75) is 18.9 Å². The van der Waals surface area contributed by atoms with Crippen LogP contribution in [0.15, 0.2) is 42.4 Å². The first-order chi connectivity index (χ1) is 14.2. The standard InChI is InChI=1S/C20H21N7OS/c1-26-4-2-16(3-5-26)25-20(28)18-6-13(12-29-18)17-10-24-27-11-15(7-21-19(17)27)14-8-22-23-9-14/h6-12,16H,2-5H2,1H3,(H,22,23)(H,25,28). The second-order valence-electron chi connectivity index (χ2n) is 7.41. The lowest BCUT2D eigenvalue weighted by atomic mass is 10.1. The van der Waals surface area contributed by atoms with Gasteiger partial charge in [-0.3, -0.25) is 9.89 Å². The first-order valence-corrected chi connectivity index (χ1v) is 10.5. The average Bonchev–Trinajstić information content (AvgIpc) is 3.49. The van der Waals surface area contributed by atoms with E-state index >= 15 is 0 Å². The Hall–Kier alpha value is -3.04. The third-order valence-electron chi connectivity index (χ3n) is 5.38. The van der Waals surface area contributed by atoms with Crippen molar-refractivity contribution >= 4 is 22.9 Å². The molecule has 1 amide bonds. The zero-order valence-electron chi connectivity index (χ0n) is 16.0. The average molecular weight is 408 g/mol. The summed E-state index contributed by atoms with van der Waals surface area (Å²) in [6.45, 7) is 2.05. The van der Waals surface area contributed by atoms with Crippen molar-refractivity contribution in [1.82, 2.24) is 35.0 Å². The number of piperidine rings is 1. The molecule has 29 heavy (non-hydrogen) atoms. The van der Waals surface area contributed by atoms with Crippen LogP contribution in [0, 0.1) is 0 Å². The zero-order valence-corrected chi connectivity index (χ0v) is 16.8. The van der Waals surface area contributed by atoms with E-state index in [-0.39, 0.29) is 11.9 Å². The summed E-state index contributed by atoms with van der Waals surface area (Å²) in [5.74, 6) is 0.00230. The molecule has 0 unspecified atom stereocenters. The molecule has 4 aromatic heterocycles. The van der Waals surface area contributed by atoms with Crippen LogP contribution < -0.4 is 5.32 Å². The van der Waals surface area contributed by atoms with Gasteiger partial charge in [0.1, 0.15) is 0 Å². The van der Waals surface area contributed by atoms with Crippen molar-refractivity contribution in [3.63, 3.8) is 0 Å². The number of nitrogens with one attached hydrogen (secondary N) is 2. The fourth-order valence-electron chi connectivity index (χ4n) is 3.64. The second-order valence-corrected chi connectivity index (χ2v) is 8.32. The summed E-state index contributed by atoms with van der Waals surface area (Å²) in [5, 5.41) is 16.4. The lowest BCUT2D eigenvalue weighted by Crippen LogP contribution is -2.43. The molecule has 1 aliphatic heterocycles. The Kier molecular flexibility index (Phi) is 4.61. The third kappa shape index (κ3) is 3.54. The number of aromatic nitrogens is 5. The van der Waals surface area contributed by atoms with Crippen LogP contribution in [0.3, 0.4) is 0 Å². The maximum atomic E-state index is 12.7. The van der Waals surface area contributed by atoms with E-state index < -0.39 is 0 Å². The smallest absolute Gasteiger partial charge is 0.261 e. The SMILES string of the molecule is CN1CCC(NC(=O)c2cc(-c3cnn4cc(-c5cn[nH]c5)cnc34)cs2)CC1. The van der Waals surface area contributed by atoms with Crippen molar-refractivity contribution in [3.8, 4) is 22.3 Å². The first-order valence-electron chi connectivity index (χ1n) is 9.58. The van der Waals surface area contributed by atoms with Gasteiger partial charge in [0.05, 0.1) is 17.3 Å². The number of H-pyrrole nitrogens is 1. The highest BCUT2D eigenvalue weighted by Crippen LogP contribution is 2.29. The quantitative estimate of drug-likeness (QED) is 0.543. The van der Waals surface area contributed by atoms with Crippen LogP contribution in [0.2, 0.25) is 0 Å². The largest absolute Gasteiger partial charge is 0.349 e. The van der Waals surface area contributed by atoms with Crippen LogP contribution in [0.4, 0.5) is 0 Å². The molecule has 2 N–H and O–H groups in total. The number of fused-ring (bicyclic) bond motifs is 1. The molecule has 5 rings (SSSR count). The highest BCUT2D eigenvalue weighted by atomic mass is 32.1. The number of rotatable bonds is 4. The van der Waals surface area contributed by atoms with E-state index in [1.54, 1.807) is 16.9 Å². The number of amides is 1. The molecule has 1 fully saturated rings. The van der Waals surface area contributed by atoms with Crippen LogP contribution >= 0.6 is 11.3 Å². The van der Waals surface area contributed by atoms with Gasteiger partial charge < -0.3 is 10.2 Å². The normalized spacial score (nSPS) is 15.8. The molecule has 0 spiro atoms. The fourth-order valence-corrected chi connectivity index (χ4v) is 4.45. The molecular formula is C20H21N7OS. The lowest BCUT2D eigenvalue weighted by molar-refractivity contribution is 0.0921. The van der Waals surface area contributed by atoms with Crippen LogP contribution in [-0.4, -0.2) is 61.8 Å². The summed E-state index contributed by atoms with van der Waals surface area (Å²) >= 11 is 1.46. The van der Waals surface area contributed by atoms with Crippen molar-refractivity contribution in [1.29, 1.82) is 0 Å². The number of nitrogens with zero attached hydrogens (tertiary/aromatic N) is 5. The van der Waals surface area contributed by atoms with Gasteiger partial charge in [0, 0.05) is 41.3 Å². The lowest BCUT2D eigenvalue weighted by Gasteiger charge is -2.29. The highest BCUT2D eigenvalue weighted by Gasteiger charge is 2.20.